The molecule has 1 rings (SSSR count). The topological polar surface area (TPSA) is 58.6 Å². The Hall–Kier alpha value is -1.55. The molecule has 0 aliphatic carbocycles. The summed E-state index contributed by atoms with van der Waals surface area (Å²) in [4.78, 5) is 11.7. The molecule has 0 radical (unpaired) electrons. The lowest BCUT2D eigenvalue weighted by molar-refractivity contribution is -0.121. The van der Waals surface area contributed by atoms with Crippen LogP contribution in [0.4, 0.5) is 0 Å². The van der Waals surface area contributed by atoms with Crippen LogP contribution in [0, 0.1) is 5.92 Å². The Kier molecular flexibility index (Phi) is 7.73. The van der Waals surface area contributed by atoms with Gasteiger partial charge in [-0.15, -0.1) is 0 Å². The number of aryl methyl sites for hydroxylation is 1. The number of nitrogens with one attached hydrogen (secondary N) is 1. The second-order valence-corrected chi connectivity index (χ2v) is 5.13. The van der Waals surface area contributed by atoms with Crippen LogP contribution in [0.3, 0.4) is 0 Å². The van der Waals surface area contributed by atoms with Crippen molar-refractivity contribution in [2.45, 2.75) is 32.6 Å². The molecule has 2 N–H and O–H groups in total. The number of hydrogen-bond donors (Lipinski definition) is 2. The minimum absolute atomic E-state index is 0.0736. The molecule has 1 unspecified atom stereocenters. The maximum atomic E-state index is 11.7. The standard InChI is InChI=1S/C16H25NO3/c1-13(12-18)5-4-10-17-16(19)9-8-14-6-3-7-15(11-14)20-2/h3,6-7,11,13,18H,4-5,8-10,12H2,1-2H3,(H,17,19). The van der Waals surface area contributed by atoms with Gasteiger partial charge in [0, 0.05) is 19.6 Å². The van der Waals surface area contributed by atoms with Crippen LogP contribution in [0.5, 0.6) is 5.75 Å². The van der Waals surface area contributed by atoms with Crippen molar-refractivity contribution in [3.8, 4) is 5.75 Å². The van der Waals surface area contributed by atoms with Gasteiger partial charge < -0.3 is 15.2 Å². The zero-order chi connectivity index (χ0) is 14.8. The van der Waals surface area contributed by atoms with Gasteiger partial charge in [0.05, 0.1) is 7.11 Å². The lowest BCUT2D eigenvalue weighted by Gasteiger charge is -2.09. The lowest BCUT2D eigenvalue weighted by atomic mass is 10.1. The van der Waals surface area contributed by atoms with Crippen molar-refractivity contribution in [3.05, 3.63) is 29.8 Å². The molecule has 112 valence electrons. The summed E-state index contributed by atoms with van der Waals surface area (Å²) in [6, 6.07) is 7.78. The average Bonchev–Trinajstić information content (AvgIpc) is 2.49. The number of aliphatic hydroxyl groups excluding tert-OH is 1. The molecular formula is C16H25NO3. The lowest BCUT2D eigenvalue weighted by Crippen LogP contribution is -2.25. The van der Waals surface area contributed by atoms with Crippen LogP contribution in [-0.4, -0.2) is 31.3 Å². The molecule has 0 aromatic heterocycles. The Morgan fingerprint density at radius 3 is 2.95 bits per heavy atom. The molecule has 1 atom stereocenters. The summed E-state index contributed by atoms with van der Waals surface area (Å²) in [5.41, 5.74) is 1.11. The molecule has 0 fully saturated rings. The van der Waals surface area contributed by atoms with E-state index in [0.717, 1.165) is 30.6 Å². The number of carbonyl (C=O) groups excluding carboxylic acids is 1. The van der Waals surface area contributed by atoms with Gasteiger partial charge in [0.2, 0.25) is 5.91 Å². The van der Waals surface area contributed by atoms with E-state index in [-0.39, 0.29) is 12.5 Å². The fourth-order valence-electron chi connectivity index (χ4n) is 1.94. The Bertz CT molecular complexity index is 406. The van der Waals surface area contributed by atoms with Gasteiger partial charge in [-0.25, -0.2) is 0 Å². The second kappa shape index (κ2) is 9.37. The van der Waals surface area contributed by atoms with Gasteiger partial charge in [0.15, 0.2) is 0 Å². The van der Waals surface area contributed by atoms with Crippen molar-refractivity contribution < 1.29 is 14.6 Å². The second-order valence-electron chi connectivity index (χ2n) is 5.13. The fraction of sp³-hybridized carbons (Fsp3) is 0.562. The normalized spacial score (nSPS) is 11.9. The number of rotatable bonds is 9. The number of methoxy groups -OCH3 is 1. The molecular weight excluding hydrogens is 254 g/mol. The first-order valence-electron chi connectivity index (χ1n) is 7.16. The zero-order valence-corrected chi connectivity index (χ0v) is 12.4. The Labute approximate surface area is 121 Å². The summed E-state index contributed by atoms with van der Waals surface area (Å²) in [5.74, 6) is 1.20. The number of amides is 1. The first-order valence-corrected chi connectivity index (χ1v) is 7.16. The molecule has 4 nitrogen and oxygen atoms in total. The minimum atomic E-state index is 0.0736. The van der Waals surface area contributed by atoms with E-state index in [1.165, 1.54) is 0 Å². The van der Waals surface area contributed by atoms with Gasteiger partial charge in [-0.1, -0.05) is 19.1 Å². The molecule has 0 saturated carbocycles. The van der Waals surface area contributed by atoms with E-state index in [9.17, 15) is 4.79 Å². The molecule has 1 amide bonds. The van der Waals surface area contributed by atoms with Crippen molar-refractivity contribution in [2.24, 2.45) is 5.92 Å². The predicted molar refractivity (Wildman–Crippen MR) is 79.8 cm³/mol. The Morgan fingerprint density at radius 2 is 2.25 bits per heavy atom. The van der Waals surface area contributed by atoms with Crippen LogP contribution in [0.15, 0.2) is 24.3 Å². The molecule has 0 bridgehead atoms. The highest BCUT2D eigenvalue weighted by Gasteiger charge is 2.04. The summed E-state index contributed by atoms with van der Waals surface area (Å²) in [5, 5.41) is 11.8. The van der Waals surface area contributed by atoms with Gasteiger partial charge in [0.1, 0.15) is 5.75 Å². The van der Waals surface area contributed by atoms with E-state index in [2.05, 4.69) is 5.32 Å². The number of carbonyl (C=O) groups is 1. The minimum Gasteiger partial charge on any atom is -0.497 e. The third-order valence-corrected chi connectivity index (χ3v) is 3.28. The zero-order valence-electron chi connectivity index (χ0n) is 12.4. The van der Waals surface area contributed by atoms with Gasteiger partial charge in [-0.2, -0.15) is 0 Å². The maximum Gasteiger partial charge on any atom is 0.220 e. The molecule has 0 heterocycles. The summed E-state index contributed by atoms with van der Waals surface area (Å²) >= 11 is 0. The van der Waals surface area contributed by atoms with Crippen molar-refractivity contribution in [2.75, 3.05) is 20.3 Å². The SMILES string of the molecule is COc1cccc(CCC(=O)NCCCC(C)CO)c1. The van der Waals surface area contributed by atoms with Crippen molar-refractivity contribution in [3.63, 3.8) is 0 Å². The van der Waals surface area contributed by atoms with E-state index >= 15 is 0 Å². The van der Waals surface area contributed by atoms with Gasteiger partial charge in [-0.05, 0) is 42.9 Å². The maximum absolute atomic E-state index is 11.7. The molecule has 0 aliphatic heterocycles. The van der Waals surface area contributed by atoms with Crippen LogP contribution in [-0.2, 0) is 11.2 Å². The number of hydrogen-bond acceptors (Lipinski definition) is 3. The van der Waals surface area contributed by atoms with Crippen LogP contribution < -0.4 is 10.1 Å². The van der Waals surface area contributed by atoms with E-state index in [4.69, 9.17) is 9.84 Å². The third-order valence-electron chi connectivity index (χ3n) is 3.28. The summed E-state index contributed by atoms with van der Waals surface area (Å²) in [6.07, 6.45) is 3.05. The average molecular weight is 279 g/mol. The summed E-state index contributed by atoms with van der Waals surface area (Å²) < 4.78 is 5.15. The van der Waals surface area contributed by atoms with Crippen LogP contribution in [0.25, 0.3) is 0 Å². The molecule has 1 aromatic rings. The fourth-order valence-corrected chi connectivity index (χ4v) is 1.94. The highest BCUT2D eigenvalue weighted by Crippen LogP contribution is 2.13. The van der Waals surface area contributed by atoms with Crippen molar-refractivity contribution in [1.82, 2.24) is 5.32 Å². The predicted octanol–water partition coefficient (Wildman–Crippen LogP) is 2.15. The van der Waals surface area contributed by atoms with Crippen LogP contribution in [0.2, 0.25) is 0 Å². The molecule has 0 aliphatic rings. The van der Waals surface area contributed by atoms with E-state index in [1.54, 1.807) is 7.11 Å². The van der Waals surface area contributed by atoms with Gasteiger partial charge in [-0.3, -0.25) is 4.79 Å². The molecule has 1 aromatic carbocycles. The highest BCUT2D eigenvalue weighted by atomic mass is 16.5. The van der Waals surface area contributed by atoms with Crippen molar-refractivity contribution in [1.29, 1.82) is 0 Å². The highest BCUT2D eigenvalue weighted by molar-refractivity contribution is 5.76. The van der Waals surface area contributed by atoms with Gasteiger partial charge >= 0.3 is 0 Å². The Balaban J connectivity index is 2.19. The van der Waals surface area contributed by atoms with E-state index in [0.29, 0.717) is 18.9 Å². The van der Waals surface area contributed by atoms with Gasteiger partial charge in [0.25, 0.3) is 0 Å². The number of benzene rings is 1. The van der Waals surface area contributed by atoms with Crippen molar-refractivity contribution >= 4 is 5.91 Å². The molecule has 0 spiro atoms. The molecule has 0 saturated heterocycles. The van der Waals surface area contributed by atoms with Crippen LogP contribution in [0.1, 0.15) is 31.7 Å². The first-order chi connectivity index (χ1) is 9.65. The molecule has 4 heteroatoms. The van der Waals surface area contributed by atoms with Crippen LogP contribution >= 0.6 is 0 Å². The quantitative estimate of drug-likeness (QED) is 0.681. The number of aliphatic hydroxyl groups is 1. The first kappa shape index (κ1) is 16.5. The van der Waals surface area contributed by atoms with E-state index < -0.39 is 0 Å². The monoisotopic (exact) mass is 279 g/mol. The Morgan fingerprint density at radius 1 is 1.45 bits per heavy atom. The smallest absolute Gasteiger partial charge is 0.220 e. The largest absolute Gasteiger partial charge is 0.497 e. The van der Waals surface area contributed by atoms with E-state index in [1.807, 2.05) is 31.2 Å². The summed E-state index contributed by atoms with van der Waals surface area (Å²) in [7, 11) is 1.64. The third kappa shape index (κ3) is 6.57. The number of ether oxygens (including phenoxy) is 1. The molecule has 20 heavy (non-hydrogen) atoms. The summed E-state index contributed by atoms with van der Waals surface area (Å²) in [6.45, 7) is 2.90.